The second kappa shape index (κ2) is 17.7. The van der Waals surface area contributed by atoms with E-state index < -0.39 is 24.0 Å². The Morgan fingerprint density at radius 1 is 0.767 bits per heavy atom. The molecule has 13 rings (SSSR count). The minimum Gasteiger partial charge on any atom is -0.492 e. The fraction of sp³-hybridized carbons (Fsp3) is 0.340. The number of likely N-dealkylation sites (tertiary alicyclic amines) is 1. The van der Waals surface area contributed by atoms with Crippen LogP contribution in [0.1, 0.15) is 70.6 Å². The number of hydrogen-bond acceptors (Lipinski definition) is 11. The van der Waals surface area contributed by atoms with Crippen molar-refractivity contribution in [3.8, 4) is 33.8 Å². The monoisotopic (exact) mass is 1070 g/mol. The van der Waals surface area contributed by atoms with Crippen LogP contribution in [-0.2, 0) is 62.0 Å². The summed E-state index contributed by atoms with van der Waals surface area (Å²) in [5.74, 6) is 1.18. The van der Waals surface area contributed by atoms with Gasteiger partial charge in [0.15, 0.2) is 0 Å². The highest BCUT2D eigenvalue weighted by Crippen LogP contribution is 2.63. The van der Waals surface area contributed by atoms with E-state index in [1.807, 2.05) is 68.0 Å². The van der Waals surface area contributed by atoms with Crippen molar-refractivity contribution >= 4 is 78.1 Å². The van der Waals surface area contributed by atoms with E-state index in [0.717, 1.165) is 107 Å². The molecule has 2 fully saturated rings. The number of piperidine rings is 1. The largest absolute Gasteiger partial charge is 0.492 e. The number of rotatable bonds is 8. The average Bonchev–Trinajstić information content (AvgIpc) is 4.11. The number of nitrogens with zero attached hydrogens (tertiary/aromatic N) is 7. The normalized spacial score (nSPS) is 19.3. The van der Waals surface area contributed by atoms with Crippen molar-refractivity contribution in [3.63, 3.8) is 0 Å². The number of halogens is 5. The lowest BCUT2D eigenvalue weighted by Gasteiger charge is -2.19. The molecule has 0 N–H and O–H groups in total. The van der Waals surface area contributed by atoms with Gasteiger partial charge in [0.1, 0.15) is 24.1 Å². The van der Waals surface area contributed by atoms with Crippen LogP contribution < -0.4 is 20.7 Å². The van der Waals surface area contributed by atoms with Gasteiger partial charge in [0.2, 0.25) is 11.8 Å². The number of amides is 2. The first-order chi connectivity index (χ1) is 34.9. The molecule has 1 saturated heterocycles. The molecule has 2 aromatic carbocycles. The molecule has 8 aromatic rings. The number of pyridine rings is 2. The standard InChI is InChI=1S/C31H29ClN4O3S.C22H15ClF3N3O3S/c1-31(2)24-25(31)30(38)36(29(24)37)14-17-13-22-28(40-17)18(8-9-33-22)20-12-16(32)10-15-11-23(39-27(15)20)26-19-6-4-5-7-21(19)34-35(26)3;23-13-7-12-3-6-32-19(12)16(8-13)15-1-4-27-17-9-14(33-20(15)17)10-29-18(30)2-5-28(21(29)31)11-22(24,25)26/h8-10,12-13,23-25H,4-7,11,14H2,1-3H3;1-2,4-5,7-9H,3,6,10-11H2/t23-,24?,25?;/m1./s1. The van der Waals surface area contributed by atoms with E-state index in [1.54, 1.807) is 29.8 Å². The molecule has 20 heteroatoms. The number of imide groups is 1. The van der Waals surface area contributed by atoms with Crippen molar-refractivity contribution in [1.29, 1.82) is 0 Å². The lowest BCUT2D eigenvalue weighted by Crippen LogP contribution is -2.41. The predicted molar refractivity (Wildman–Crippen MR) is 273 cm³/mol. The first-order valence-electron chi connectivity index (χ1n) is 23.9. The van der Waals surface area contributed by atoms with Gasteiger partial charge in [-0.1, -0.05) is 37.0 Å². The highest BCUT2D eigenvalue weighted by Gasteiger charge is 2.72. The van der Waals surface area contributed by atoms with Crippen LogP contribution in [0.5, 0.6) is 11.5 Å². The highest BCUT2D eigenvalue weighted by atomic mass is 35.5. The molecule has 13 nitrogen and oxygen atoms in total. The number of aromatic nitrogens is 6. The molecule has 5 aliphatic rings. The van der Waals surface area contributed by atoms with Gasteiger partial charge in [-0.3, -0.25) is 43.1 Å². The summed E-state index contributed by atoms with van der Waals surface area (Å²) in [4.78, 5) is 62.6. The van der Waals surface area contributed by atoms with Crippen molar-refractivity contribution < 1.29 is 32.2 Å². The molecule has 6 aromatic heterocycles. The Hall–Kier alpha value is -6.34. The van der Waals surface area contributed by atoms with Crippen LogP contribution in [0.2, 0.25) is 10.0 Å². The van der Waals surface area contributed by atoms with Crippen molar-refractivity contribution in [2.24, 2.45) is 24.3 Å². The number of alkyl halides is 3. The van der Waals surface area contributed by atoms with Crippen LogP contribution in [0, 0.1) is 17.3 Å². The lowest BCUT2D eigenvalue weighted by atomic mass is 9.93. The smallest absolute Gasteiger partial charge is 0.406 e. The maximum atomic E-state index is 12.9. The SMILES string of the molecule is Cn1nc2c(c1[C@H]1Cc3cc(Cl)cc(-c4ccnc5cc(CN6C(=O)C7C(C6=O)C7(C)C)sc45)c3O1)CCCC2.O=c1ccn(CC(F)(F)F)c(=O)n1Cc1cc2nccc(-c3cc(Cl)cc4c3OCC4)c2s1. The number of fused-ring (bicyclic) bond motifs is 6. The molecule has 2 amide bonds. The average molecular weight is 1070 g/mol. The molecule has 73 heavy (non-hydrogen) atoms. The van der Waals surface area contributed by atoms with Gasteiger partial charge in [-0.05, 0) is 85.2 Å². The zero-order valence-corrected chi connectivity index (χ0v) is 42.7. The summed E-state index contributed by atoms with van der Waals surface area (Å²) in [7, 11) is 2.02. The summed E-state index contributed by atoms with van der Waals surface area (Å²) in [5.41, 5.74) is 9.00. The van der Waals surface area contributed by atoms with Crippen molar-refractivity contribution in [1.82, 2.24) is 33.8 Å². The third kappa shape index (κ3) is 8.34. The third-order valence-corrected chi connectivity index (χ3v) is 17.5. The Kier molecular flexibility index (Phi) is 11.5. The lowest BCUT2D eigenvalue weighted by molar-refractivity contribution is -0.144. The van der Waals surface area contributed by atoms with Crippen LogP contribution in [-0.4, -0.2) is 58.4 Å². The Bertz CT molecular complexity index is 3740. The van der Waals surface area contributed by atoms with E-state index in [1.165, 1.54) is 46.0 Å². The fourth-order valence-electron chi connectivity index (χ4n) is 11.3. The number of hydrogen-bond donors (Lipinski definition) is 0. The number of carbonyl (C=O) groups excluding carboxylic acids is 2. The maximum absolute atomic E-state index is 12.9. The van der Waals surface area contributed by atoms with E-state index in [-0.39, 0.29) is 41.7 Å². The number of benzene rings is 2. The van der Waals surface area contributed by atoms with Crippen LogP contribution in [0.4, 0.5) is 13.2 Å². The number of ether oxygens (including phenoxy) is 2. The molecule has 374 valence electrons. The van der Waals surface area contributed by atoms with Gasteiger partial charge in [-0.25, -0.2) is 4.79 Å². The van der Waals surface area contributed by atoms with Gasteiger partial charge in [0.25, 0.3) is 5.56 Å². The molecule has 3 atom stereocenters. The summed E-state index contributed by atoms with van der Waals surface area (Å²) in [6, 6.07) is 16.2. The van der Waals surface area contributed by atoms with E-state index >= 15 is 0 Å². The predicted octanol–water partition coefficient (Wildman–Crippen LogP) is 10.5. The number of carbonyl (C=O) groups is 2. The summed E-state index contributed by atoms with van der Waals surface area (Å²) in [6.07, 6.45) is 5.57. The first-order valence-corrected chi connectivity index (χ1v) is 26.3. The second-order valence-electron chi connectivity index (χ2n) is 19.8. The van der Waals surface area contributed by atoms with Gasteiger partial charge in [-0.15, -0.1) is 22.7 Å². The second-order valence-corrected chi connectivity index (χ2v) is 23.0. The molecule has 0 bridgehead atoms. The minimum atomic E-state index is -4.58. The molecular weight excluding hydrogens is 1020 g/mol. The Labute approximate surface area is 432 Å². The van der Waals surface area contributed by atoms with Crippen LogP contribution in [0.25, 0.3) is 42.7 Å². The minimum absolute atomic E-state index is 0.0462. The fourth-order valence-corrected chi connectivity index (χ4v) is 14.0. The van der Waals surface area contributed by atoms with Crippen LogP contribution in [0.15, 0.2) is 82.8 Å². The van der Waals surface area contributed by atoms with Crippen molar-refractivity contribution in [2.75, 3.05) is 6.61 Å². The van der Waals surface area contributed by atoms with Gasteiger partial charge >= 0.3 is 11.9 Å². The Morgan fingerprint density at radius 3 is 2.04 bits per heavy atom. The maximum Gasteiger partial charge on any atom is 0.406 e. The van der Waals surface area contributed by atoms with Crippen LogP contribution in [0.3, 0.4) is 0 Å². The summed E-state index contributed by atoms with van der Waals surface area (Å²) in [6.45, 7) is 3.23. The molecule has 2 unspecified atom stereocenters. The molecule has 9 heterocycles. The summed E-state index contributed by atoms with van der Waals surface area (Å²) < 4.78 is 56.0. The molecule has 2 aliphatic carbocycles. The highest BCUT2D eigenvalue weighted by molar-refractivity contribution is 7.20. The Morgan fingerprint density at radius 2 is 1.38 bits per heavy atom. The molecule has 0 spiro atoms. The zero-order valence-electron chi connectivity index (χ0n) is 39.5. The quantitative estimate of drug-likeness (QED) is 0.136. The molecule has 1 saturated carbocycles. The number of thiophene rings is 2. The van der Waals surface area contributed by atoms with E-state index in [9.17, 15) is 32.3 Å². The van der Waals surface area contributed by atoms with Gasteiger partial charge in [-0.2, -0.15) is 18.3 Å². The van der Waals surface area contributed by atoms with Crippen LogP contribution >= 0.6 is 45.9 Å². The van der Waals surface area contributed by atoms with E-state index in [2.05, 4.69) is 9.97 Å². The first kappa shape index (κ1) is 47.7. The third-order valence-electron chi connectivity index (χ3n) is 14.7. The van der Waals surface area contributed by atoms with Gasteiger partial charge in [0.05, 0.1) is 63.4 Å². The molecule has 0 radical (unpaired) electrons. The summed E-state index contributed by atoms with van der Waals surface area (Å²) >= 11 is 15.9. The van der Waals surface area contributed by atoms with Gasteiger partial charge in [0, 0.05) is 97.7 Å². The van der Waals surface area contributed by atoms with E-state index in [0.29, 0.717) is 38.2 Å². The van der Waals surface area contributed by atoms with Crippen molar-refractivity contribution in [3.05, 3.63) is 142 Å². The molecule has 3 aliphatic heterocycles. The zero-order chi connectivity index (χ0) is 50.8. The summed E-state index contributed by atoms with van der Waals surface area (Å²) in [5, 5.41) is 6.07. The Balaban J connectivity index is 0.000000152. The van der Waals surface area contributed by atoms with E-state index in [4.69, 9.17) is 37.8 Å². The van der Waals surface area contributed by atoms with Gasteiger partial charge < -0.3 is 9.47 Å². The topological polar surface area (TPSA) is 143 Å². The molecular formula is C53H44Cl2F3N7O6S2. The van der Waals surface area contributed by atoms with Crippen molar-refractivity contribution in [2.45, 2.75) is 84.3 Å². The number of aryl methyl sites for hydroxylation is 2.